The summed E-state index contributed by atoms with van der Waals surface area (Å²) in [6.45, 7) is 1.84. The van der Waals surface area contributed by atoms with E-state index in [0.29, 0.717) is 0 Å². The van der Waals surface area contributed by atoms with Crippen LogP contribution in [0.3, 0.4) is 0 Å². The van der Waals surface area contributed by atoms with E-state index in [2.05, 4.69) is 5.73 Å². The first-order chi connectivity index (χ1) is 13.7. The third-order valence-electron chi connectivity index (χ3n) is 6.75. The van der Waals surface area contributed by atoms with Crippen LogP contribution in [0, 0.1) is 10.8 Å². The van der Waals surface area contributed by atoms with Crippen molar-refractivity contribution in [2.24, 2.45) is 10.8 Å². The quantitative estimate of drug-likeness (QED) is 0.290. The molecule has 0 amide bonds. The number of Topliss-reactive ketones (excluding diaryl/α,β-unsaturated/α-hetero) is 1. The third-order valence-corrected chi connectivity index (χ3v) is 7.54. The molecule has 2 fully saturated rings. The summed E-state index contributed by atoms with van der Waals surface area (Å²) >= 11 is 7.06. The lowest BCUT2D eigenvalue weighted by Crippen LogP contribution is -2.76. The van der Waals surface area contributed by atoms with Crippen molar-refractivity contribution in [2.75, 3.05) is 28.4 Å². The van der Waals surface area contributed by atoms with Crippen molar-refractivity contribution < 1.29 is 28.5 Å². The molecule has 0 radical (unpaired) electrons. The molecule has 7 heteroatoms. The average Bonchev–Trinajstić information content (AvgIpc) is 2.75. The van der Waals surface area contributed by atoms with Gasteiger partial charge >= 0.3 is 5.97 Å². The van der Waals surface area contributed by atoms with Gasteiger partial charge in [0.25, 0.3) is 5.79 Å². The Morgan fingerprint density at radius 1 is 1.14 bits per heavy atom. The number of fused-ring (bicyclic) bond motifs is 2. The molecule has 0 spiro atoms. The van der Waals surface area contributed by atoms with Crippen LogP contribution in [0.15, 0.2) is 29.2 Å². The molecule has 160 valence electrons. The highest BCUT2D eigenvalue weighted by atomic mass is 35.5. The van der Waals surface area contributed by atoms with E-state index in [-0.39, 0.29) is 12.2 Å². The molecule has 2 bridgehead atoms. The van der Waals surface area contributed by atoms with Gasteiger partial charge in [0, 0.05) is 19.6 Å². The van der Waals surface area contributed by atoms with E-state index in [1.165, 1.54) is 46.5 Å². The summed E-state index contributed by atoms with van der Waals surface area (Å²) in [5, 5.41) is 0. The average molecular weight is 425 g/mol. The Labute approximate surface area is 176 Å². The summed E-state index contributed by atoms with van der Waals surface area (Å²) in [5.74, 6) is -2.94. The molecule has 2 saturated carbocycles. The number of alkyl halides is 1. The number of esters is 1. The molecule has 6 nitrogen and oxygen atoms in total. The Balaban J connectivity index is 2.27. The molecular formula is C22H29ClO6. The van der Waals surface area contributed by atoms with Gasteiger partial charge in [-0.25, -0.2) is 0 Å². The van der Waals surface area contributed by atoms with E-state index in [9.17, 15) is 9.59 Å². The van der Waals surface area contributed by atoms with Crippen LogP contribution in [0.25, 0.3) is 0 Å². The Hall–Kier alpha value is -1.59. The second-order valence-electron chi connectivity index (χ2n) is 8.24. The van der Waals surface area contributed by atoms with Crippen LogP contribution in [0.4, 0.5) is 0 Å². The molecule has 1 unspecified atom stereocenters. The van der Waals surface area contributed by atoms with Crippen LogP contribution in [-0.4, -0.2) is 50.9 Å². The predicted molar refractivity (Wildman–Crippen MR) is 107 cm³/mol. The van der Waals surface area contributed by atoms with Crippen LogP contribution in [0.2, 0.25) is 0 Å². The SMILES string of the molecule is COC(=O)[C@@]12C=C(OC)[C@@](Cl)(C(=O)C1(OC)OC)C(C)(C=C=C1CCCCC1)C2. The maximum absolute atomic E-state index is 13.8. The summed E-state index contributed by atoms with van der Waals surface area (Å²) in [6, 6.07) is 0. The number of ether oxygens (including phenoxy) is 4. The molecule has 3 atom stereocenters. The second-order valence-corrected chi connectivity index (χ2v) is 8.80. The lowest BCUT2D eigenvalue weighted by Gasteiger charge is -2.61. The van der Waals surface area contributed by atoms with Crippen molar-refractivity contribution in [3.63, 3.8) is 0 Å². The number of ketones is 1. The molecule has 4 rings (SSSR count). The minimum absolute atomic E-state index is 0.150. The van der Waals surface area contributed by atoms with Gasteiger partial charge < -0.3 is 18.9 Å². The highest BCUT2D eigenvalue weighted by Gasteiger charge is 2.80. The number of methoxy groups -OCH3 is 4. The monoisotopic (exact) mass is 424 g/mol. The first kappa shape index (κ1) is 22.1. The lowest BCUT2D eigenvalue weighted by molar-refractivity contribution is -0.273. The first-order valence-corrected chi connectivity index (χ1v) is 10.2. The number of halogens is 1. The molecule has 4 aliphatic carbocycles. The van der Waals surface area contributed by atoms with Crippen molar-refractivity contribution in [1.82, 2.24) is 0 Å². The largest absolute Gasteiger partial charge is 0.499 e. The van der Waals surface area contributed by atoms with Crippen LogP contribution in [0.1, 0.15) is 45.4 Å². The smallest absolute Gasteiger partial charge is 0.321 e. The Morgan fingerprint density at radius 3 is 2.28 bits per heavy atom. The van der Waals surface area contributed by atoms with E-state index < -0.39 is 33.2 Å². The third kappa shape index (κ3) is 2.77. The molecule has 0 aromatic heterocycles. The topological polar surface area (TPSA) is 71.1 Å². The molecule has 0 N–H and O–H groups in total. The zero-order valence-corrected chi connectivity index (χ0v) is 18.5. The normalized spacial score (nSPS) is 35.6. The molecule has 0 aliphatic heterocycles. The number of carbonyl (C=O) groups is 2. The fourth-order valence-corrected chi connectivity index (χ4v) is 5.56. The van der Waals surface area contributed by atoms with Crippen molar-refractivity contribution in [3.8, 4) is 0 Å². The van der Waals surface area contributed by atoms with E-state index in [1.807, 2.05) is 13.0 Å². The first-order valence-electron chi connectivity index (χ1n) is 9.87. The van der Waals surface area contributed by atoms with Crippen LogP contribution < -0.4 is 0 Å². The van der Waals surface area contributed by atoms with Gasteiger partial charge in [0.2, 0.25) is 5.78 Å². The predicted octanol–water partition coefficient (Wildman–Crippen LogP) is 3.68. The second kappa shape index (κ2) is 7.59. The standard InChI is InChI=1S/C22H29ClO6/c1-19(12-11-15-9-7-6-8-10-15)14-20(18(25)27-3)13-16(26-2)21(19,23)17(24)22(20,28-4)29-5/h12-13H,6-10,14H2,1-5H3/t19?,20-,21+/m0/s1. The Kier molecular flexibility index (Phi) is 5.78. The zero-order chi connectivity index (χ0) is 21.5. The van der Waals surface area contributed by atoms with Gasteiger partial charge in [-0.05, 0) is 49.8 Å². The fourth-order valence-electron chi connectivity index (χ4n) is 5.18. The van der Waals surface area contributed by atoms with Crippen LogP contribution >= 0.6 is 11.6 Å². The van der Waals surface area contributed by atoms with Gasteiger partial charge in [-0.15, -0.1) is 17.3 Å². The van der Waals surface area contributed by atoms with Gasteiger partial charge in [0.1, 0.15) is 5.76 Å². The molecule has 0 heterocycles. The number of hydrogen-bond donors (Lipinski definition) is 0. The molecule has 0 aromatic rings. The number of rotatable bonds is 5. The molecule has 4 aliphatic rings. The van der Waals surface area contributed by atoms with E-state index in [4.69, 9.17) is 30.5 Å². The van der Waals surface area contributed by atoms with Crippen LogP contribution in [0.5, 0.6) is 0 Å². The Morgan fingerprint density at radius 2 is 1.76 bits per heavy atom. The van der Waals surface area contributed by atoms with Crippen molar-refractivity contribution >= 4 is 23.4 Å². The van der Waals surface area contributed by atoms with E-state index >= 15 is 0 Å². The number of carbonyl (C=O) groups excluding carboxylic acids is 2. The van der Waals surface area contributed by atoms with Crippen LogP contribution in [-0.2, 0) is 28.5 Å². The lowest BCUT2D eigenvalue weighted by atomic mass is 9.49. The van der Waals surface area contributed by atoms with Crippen molar-refractivity contribution in [3.05, 3.63) is 29.2 Å². The summed E-state index contributed by atoms with van der Waals surface area (Å²) < 4.78 is 21.7. The zero-order valence-electron chi connectivity index (χ0n) is 17.7. The van der Waals surface area contributed by atoms with Gasteiger partial charge in [-0.3, -0.25) is 9.59 Å². The highest BCUT2D eigenvalue weighted by Crippen LogP contribution is 2.66. The molecular weight excluding hydrogens is 396 g/mol. The molecule has 0 saturated heterocycles. The summed E-state index contributed by atoms with van der Waals surface area (Å²) in [6.07, 6.45) is 8.94. The fraction of sp³-hybridized carbons (Fsp3) is 0.682. The number of hydrogen-bond acceptors (Lipinski definition) is 6. The van der Waals surface area contributed by atoms with Crippen molar-refractivity contribution in [1.29, 1.82) is 0 Å². The Bertz CT molecular complexity index is 798. The van der Waals surface area contributed by atoms with E-state index in [1.54, 1.807) is 0 Å². The minimum atomic E-state index is -1.91. The van der Waals surface area contributed by atoms with Gasteiger partial charge in [0.05, 0.1) is 14.2 Å². The molecule has 0 aromatic carbocycles. The summed E-state index contributed by atoms with van der Waals surface area (Å²) in [7, 11) is 5.35. The summed E-state index contributed by atoms with van der Waals surface area (Å²) in [5.41, 5.74) is 2.07. The number of allylic oxidation sites excluding steroid dienone is 2. The highest BCUT2D eigenvalue weighted by molar-refractivity contribution is 6.40. The van der Waals surface area contributed by atoms with Gasteiger partial charge in [-0.1, -0.05) is 13.3 Å². The maximum Gasteiger partial charge on any atom is 0.321 e. The minimum Gasteiger partial charge on any atom is -0.499 e. The van der Waals surface area contributed by atoms with Gasteiger partial charge in [0.15, 0.2) is 10.3 Å². The summed E-state index contributed by atoms with van der Waals surface area (Å²) in [4.78, 5) is 25.2. The van der Waals surface area contributed by atoms with Crippen molar-refractivity contribution in [2.45, 2.75) is 56.1 Å². The molecule has 29 heavy (non-hydrogen) atoms. The van der Waals surface area contributed by atoms with E-state index in [0.717, 1.165) is 25.7 Å². The maximum atomic E-state index is 13.8. The van der Waals surface area contributed by atoms with Gasteiger partial charge in [-0.2, -0.15) is 0 Å².